The van der Waals surface area contributed by atoms with Gasteiger partial charge in [0.1, 0.15) is 5.75 Å². The number of benzene rings is 2. The predicted molar refractivity (Wildman–Crippen MR) is 232 cm³/mol. The zero-order valence-electron chi connectivity index (χ0n) is 36.3. The molecular formula is C46H60ClF3N6O8. The zero-order valence-corrected chi connectivity index (χ0v) is 37.1. The molecule has 0 saturated carbocycles. The highest BCUT2D eigenvalue weighted by Crippen LogP contribution is 2.41. The third-order valence-electron chi connectivity index (χ3n) is 13.7. The average molecular weight is 917 g/mol. The average Bonchev–Trinajstić information content (AvgIpc) is 3.46. The normalized spacial score (nSPS) is 20.4. The number of halogens is 4. The molecule has 14 nitrogen and oxygen atoms in total. The van der Waals surface area contributed by atoms with Gasteiger partial charge in [0.2, 0.25) is 5.91 Å². The highest BCUT2D eigenvalue weighted by atomic mass is 35.5. The predicted octanol–water partition coefficient (Wildman–Crippen LogP) is 6.95. The summed E-state index contributed by atoms with van der Waals surface area (Å²) < 4.78 is 53.0. The Morgan fingerprint density at radius 2 is 1.53 bits per heavy atom. The third-order valence-corrected chi connectivity index (χ3v) is 14.0. The lowest BCUT2D eigenvalue weighted by Gasteiger charge is -2.41. The largest absolute Gasteiger partial charge is 0.506 e. The number of amides is 5. The number of para-hydroxylation sites is 1. The van der Waals surface area contributed by atoms with Gasteiger partial charge in [0.25, 0.3) is 5.91 Å². The summed E-state index contributed by atoms with van der Waals surface area (Å²) in [4.78, 5) is 74.5. The van der Waals surface area contributed by atoms with Crippen molar-refractivity contribution in [2.24, 2.45) is 11.8 Å². The van der Waals surface area contributed by atoms with Crippen LogP contribution in [0, 0.1) is 11.8 Å². The van der Waals surface area contributed by atoms with Crippen molar-refractivity contribution >= 4 is 47.2 Å². The zero-order chi connectivity index (χ0) is 45.4. The molecule has 0 spiro atoms. The van der Waals surface area contributed by atoms with Crippen molar-refractivity contribution in [3.05, 3.63) is 58.1 Å². The second-order valence-electron chi connectivity index (χ2n) is 17.8. The minimum absolute atomic E-state index is 0.0198. The maximum absolute atomic E-state index is 14.2. The van der Waals surface area contributed by atoms with Gasteiger partial charge in [-0.3, -0.25) is 14.4 Å². The molecule has 2 aromatic rings. The molecule has 0 aliphatic carbocycles. The fourth-order valence-corrected chi connectivity index (χ4v) is 10.2. The van der Waals surface area contributed by atoms with Crippen molar-refractivity contribution in [1.82, 2.24) is 24.5 Å². The molecule has 4 fully saturated rings. The molecule has 0 bridgehead atoms. The number of hydrogen-bond acceptors (Lipinski definition) is 9. The van der Waals surface area contributed by atoms with Gasteiger partial charge in [0.05, 0.1) is 23.6 Å². The smallest absolute Gasteiger partial charge is 0.420 e. The van der Waals surface area contributed by atoms with Crippen LogP contribution >= 0.6 is 11.6 Å². The quantitative estimate of drug-likeness (QED) is 0.161. The first kappa shape index (κ1) is 47.2. The molecular weight excluding hydrogens is 857 g/mol. The first-order valence-corrected chi connectivity index (χ1v) is 23.3. The van der Waals surface area contributed by atoms with Crippen LogP contribution in [-0.4, -0.2) is 144 Å². The number of fused-ring (bicyclic) bond motifs is 1. The fraction of sp³-hybridized carbons (Fsp3) is 0.630. The first-order chi connectivity index (χ1) is 30.7. The van der Waals surface area contributed by atoms with E-state index in [-0.39, 0.29) is 49.0 Å². The Bertz CT molecular complexity index is 1980. The van der Waals surface area contributed by atoms with E-state index in [2.05, 4.69) is 10.2 Å². The molecule has 4 saturated heterocycles. The molecule has 0 unspecified atom stereocenters. The van der Waals surface area contributed by atoms with Gasteiger partial charge in [-0.05, 0) is 118 Å². The number of phenolic OH excluding ortho intramolecular Hbond substituents is 1. The number of carbonyl (C=O) groups is 5. The summed E-state index contributed by atoms with van der Waals surface area (Å²) >= 11 is 6.04. The van der Waals surface area contributed by atoms with Crippen LogP contribution in [0.1, 0.15) is 87.3 Å². The summed E-state index contributed by atoms with van der Waals surface area (Å²) in [5, 5.41) is 12.6. The number of piperidine rings is 4. The van der Waals surface area contributed by atoms with Crippen molar-refractivity contribution in [2.75, 3.05) is 77.4 Å². The van der Waals surface area contributed by atoms with Crippen LogP contribution in [0.3, 0.4) is 0 Å². The number of hydrogen-bond donors (Lipinski definition) is 2. The van der Waals surface area contributed by atoms with Crippen LogP contribution in [0.2, 0.25) is 5.02 Å². The van der Waals surface area contributed by atoms with Gasteiger partial charge in [-0.2, -0.15) is 13.2 Å². The molecule has 1 atom stereocenters. The number of esters is 1. The summed E-state index contributed by atoms with van der Waals surface area (Å²) in [7, 11) is 0. The SMILES string of the molecule is O=C(CCN1CCC(C2CCN(C(=O)[C@@H](Cc3cc(Cl)c(O)c(C(F)(F)F)c3)OC(=O)N3CCC(N4CCc5ccccc5NC4=O)CC3)CC2)CC1)OCCCN1CCCCC1=O. The van der Waals surface area contributed by atoms with Gasteiger partial charge in [0.15, 0.2) is 6.10 Å². The van der Waals surface area contributed by atoms with Crippen LogP contribution in [0.25, 0.3) is 0 Å². The topological polar surface area (TPSA) is 152 Å². The third kappa shape index (κ3) is 12.1. The lowest BCUT2D eigenvalue weighted by atomic mass is 9.78. The lowest BCUT2D eigenvalue weighted by Crippen LogP contribution is -2.52. The second-order valence-corrected chi connectivity index (χ2v) is 18.2. The summed E-state index contributed by atoms with van der Waals surface area (Å²) in [5.41, 5.74) is 0.452. The van der Waals surface area contributed by atoms with E-state index in [1.54, 1.807) is 9.80 Å². The Morgan fingerprint density at radius 3 is 2.23 bits per heavy atom. The maximum atomic E-state index is 14.2. The minimum Gasteiger partial charge on any atom is -0.506 e. The Labute approximate surface area is 377 Å². The maximum Gasteiger partial charge on any atom is 0.420 e. The van der Waals surface area contributed by atoms with E-state index in [1.807, 2.05) is 29.2 Å². The van der Waals surface area contributed by atoms with E-state index < -0.39 is 40.6 Å². The molecule has 0 radical (unpaired) electrons. The Balaban J connectivity index is 0.895. The van der Waals surface area contributed by atoms with Gasteiger partial charge in [-0.15, -0.1) is 0 Å². The monoisotopic (exact) mass is 916 g/mol. The van der Waals surface area contributed by atoms with Crippen LogP contribution in [0.4, 0.5) is 28.4 Å². The summed E-state index contributed by atoms with van der Waals surface area (Å²) in [6.07, 6.45) is 0.932. The van der Waals surface area contributed by atoms with Crippen LogP contribution in [0.15, 0.2) is 36.4 Å². The lowest BCUT2D eigenvalue weighted by molar-refractivity contribution is -0.145. The molecule has 5 aliphatic heterocycles. The first-order valence-electron chi connectivity index (χ1n) is 22.9. The van der Waals surface area contributed by atoms with Crippen molar-refractivity contribution in [3.63, 3.8) is 0 Å². The molecule has 350 valence electrons. The number of likely N-dealkylation sites (tertiary alicyclic amines) is 4. The number of alkyl halides is 3. The second kappa shape index (κ2) is 21.5. The van der Waals surface area contributed by atoms with Crippen molar-refractivity contribution < 1.29 is 51.7 Å². The van der Waals surface area contributed by atoms with E-state index in [4.69, 9.17) is 21.1 Å². The molecule has 7 rings (SSSR count). The number of nitrogens with one attached hydrogen (secondary N) is 1. The number of carbonyl (C=O) groups excluding carboxylic acids is 5. The Morgan fingerprint density at radius 1 is 0.844 bits per heavy atom. The molecule has 5 amide bonds. The van der Waals surface area contributed by atoms with Crippen molar-refractivity contribution in [2.45, 2.75) is 102 Å². The minimum atomic E-state index is -4.92. The van der Waals surface area contributed by atoms with Crippen LogP contribution in [0.5, 0.6) is 5.75 Å². The molecule has 2 N–H and O–H groups in total. The van der Waals surface area contributed by atoms with Crippen LogP contribution < -0.4 is 5.32 Å². The molecule has 2 aromatic carbocycles. The molecule has 5 aliphatic rings. The van der Waals surface area contributed by atoms with Crippen LogP contribution in [-0.2, 0) is 42.9 Å². The van der Waals surface area contributed by atoms with Gasteiger partial charge in [-0.25, -0.2) is 9.59 Å². The van der Waals surface area contributed by atoms with E-state index in [0.29, 0.717) is 89.7 Å². The van der Waals surface area contributed by atoms with Gasteiger partial charge in [-0.1, -0.05) is 29.8 Å². The van der Waals surface area contributed by atoms with E-state index in [9.17, 15) is 42.3 Å². The van der Waals surface area contributed by atoms with E-state index in [0.717, 1.165) is 81.5 Å². The van der Waals surface area contributed by atoms with Crippen molar-refractivity contribution in [3.8, 4) is 5.75 Å². The number of ether oxygens (including phenoxy) is 2. The van der Waals surface area contributed by atoms with Crippen molar-refractivity contribution in [1.29, 1.82) is 0 Å². The highest BCUT2D eigenvalue weighted by molar-refractivity contribution is 6.32. The summed E-state index contributed by atoms with van der Waals surface area (Å²) in [5.74, 6) is -0.903. The van der Waals surface area contributed by atoms with Gasteiger partial charge in [0, 0.05) is 76.9 Å². The summed E-state index contributed by atoms with van der Waals surface area (Å²) in [6.45, 7) is 5.80. The Hall–Kier alpha value is -4.77. The number of aromatic hydroxyl groups is 1. The number of phenols is 1. The van der Waals surface area contributed by atoms with E-state index in [1.165, 1.54) is 4.90 Å². The fourth-order valence-electron chi connectivity index (χ4n) is 9.98. The molecule has 5 heterocycles. The summed E-state index contributed by atoms with van der Waals surface area (Å²) in [6, 6.07) is 9.19. The van der Waals surface area contributed by atoms with Gasteiger partial charge >= 0.3 is 24.3 Å². The number of urea groups is 1. The number of anilines is 1. The van der Waals surface area contributed by atoms with E-state index >= 15 is 0 Å². The number of nitrogens with zero attached hydrogens (tertiary/aromatic N) is 5. The molecule has 0 aromatic heterocycles. The van der Waals surface area contributed by atoms with Gasteiger partial charge < -0.3 is 44.4 Å². The standard InChI is InChI=1S/C46H60ClF3N6O8/c47-37-29-31(28-36(42(37)59)46(48,49)50)30-39(64-45(62)55-24-14-35(15-25-55)56-26-13-34-6-1-2-7-38(34)51-44(56)61)43(60)54-22-11-33(12-23-54)32-9-19-52(20-10-32)21-16-41(58)63-27-5-18-53-17-4-3-8-40(53)57/h1-2,6-7,28-29,32-33,35,39,59H,3-5,8-27,30H2,(H,51,61)/t39-/m1/s1. The molecule has 64 heavy (non-hydrogen) atoms. The highest BCUT2D eigenvalue weighted by Gasteiger charge is 2.39. The number of rotatable bonds is 13. The Kier molecular flexibility index (Phi) is 15.8. The molecule has 18 heteroatoms.